The largest absolute Gasteiger partial charge is 0.416 e. The van der Waals surface area contributed by atoms with Gasteiger partial charge in [-0.1, -0.05) is 18.6 Å². The third-order valence-corrected chi connectivity index (χ3v) is 3.55. The first-order valence-corrected chi connectivity index (χ1v) is 5.65. The van der Waals surface area contributed by atoms with Crippen LogP contribution in [0.4, 0.5) is 13.2 Å². The van der Waals surface area contributed by atoms with E-state index in [1.54, 1.807) is 0 Å². The van der Waals surface area contributed by atoms with Gasteiger partial charge in [0.1, 0.15) is 0 Å². The average Bonchev–Trinajstić information content (AvgIpc) is 2.27. The Morgan fingerprint density at radius 2 is 1.78 bits per heavy atom. The van der Waals surface area contributed by atoms with Crippen molar-refractivity contribution >= 4 is 0 Å². The highest BCUT2D eigenvalue weighted by Gasteiger charge is 2.44. The van der Waals surface area contributed by atoms with Gasteiger partial charge in [-0.2, -0.15) is 18.4 Å². The van der Waals surface area contributed by atoms with Crippen molar-refractivity contribution in [2.75, 3.05) is 0 Å². The molecule has 0 amide bonds. The molecule has 2 nitrogen and oxygen atoms in total. The highest BCUT2D eigenvalue weighted by atomic mass is 19.4. The third kappa shape index (κ3) is 2.08. The summed E-state index contributed by atoms with van der Waals surface area (Å²) in [7, 11) is 0. The molecule has 0 spiro atoms. The summed E-state index contributed by atoms with van der Waals surface area (Å²) in [6, 6.07) is 6.43. The Labute approximate surface area is 103 Å². The molecule has 2 rings (SSSR count). The predicted molar refractivity (Wildman–Crippen MR) is 58.3 cm³/mol. The van der Waals surface area contributed by atoms with E-state index in [0.29, 0.717) is 18.4 Å². The van der Waals surface area contributed by atoms with Gasteiger partial charge in [0.25, 0.3) is 0 Å². The minimum atomic E-state index is -4.38. The Morgan fingerprint density at radius 1 is 1.22 bits per heavy atom. The second-order valence-electron chi connectivity index (χ2n) is 4.64. The Balaban J connectivity index is 2.23. The first-order valence-electron chi connectivity index (χ1n) is 5.65. The van der Waals surface area contributed by atoms with E-state index in [-0.39, 0.29) is 0 Å². The summed E-state index contributed by atoms with van der Waals surface area (Å²) in [5.41, 5.74) is -1.21. The van der Waals surface area contributed by atoms with Gasteiger partial charge < -0.3 is 5.11 Å². The standard InChI is InChI=1S/C13H12F3NO/c14-13(15,16)10-4-2-9(3-5-10)11(18)12(8-17)6-1-7-12/h2-5,11,18H,1,6-7H2. The summed E-state index contributed by atoms with van der Waals surface area (Å²) in [6.07, 6.45) is -3.35. The molecule has 1 N–H and O–H groups in total. The molecule has 1 aromatic rings. The molecular weight excluding hydrogens is 243 g/mol. The first-order chi connectivity index (χ1) is 8.39. The lowest BCUT2D eigenvalue weighted by Crippen LogP contribution is -2.34. The number of halogens is 3. The summed E-state index contributed by atoms with van der Waals surface area (Å²) in [6.45, 7) is 0. The molecule has 0 heterocycles. The van der Waals surface area contributed by atoms with Gasteiger partial charge in [-0.15, -0.1) is 0 Å². The number of aliphatic hydroxyl groups is 1. The summed E-state index contributed by atoms with van der Waals surface area (Å²) in [5, 5.41) is 19.1. The smallest absolute Gasteiger partial charge is 0.387 e. The molecule has 0 radical (unpaired) electrons. The Morgan fingerprint density at radius 3 is 2.11 bits per heavy atom. The Bertz CT molecular complexity index is 468. The van der Waals surface area contributed by atoms with Crippen LogP contribution in [0.3, 0.4) is 0 Å². The van der Waals surface area contributed by atoms with Crippen LogP contribution < -0.4 is 0 Å². The predicted octanol–water partition coefficient (Wildman–Crippen LogP) is 3.43. The first kappa shape index (κ1) is 12.9. The second kappa shape index (κ2) is 4.29. The fraction of sp³-hybridized carbons (Fsp3) is 0.462. The number of rotatable bonds is 2. The molecule has 0 aromatic heterocycles. The highest BCUT2D eigenvalue weighted by molar-refractivity contribution is 5.29. The normalized spacial score (nSPS) is 19.7. The van der Waals surface area contributed by atoms with Crippen molar-refractivity contribution in [1.29, 1.82) is 5.26 Å². The van der Waals surface area contributed by atoms with Crippen LogP contribution in [0.15, 0.2) is 24.3 Å². The van der Waals surface area contributed by atoms with Crippen molar-refractivity contribution < 1.29 is 18.3 Å². The van der Waals surface area contributed by atoms with E-state index in [2.05, 4.69) is 6.07 Å². The van der Waals surface area contributed by atoms with Crippen molar-refractivity contribution in [2.45, 2.75) is 31.5 Å². The summed E-state index contributed by atoms with van der Waals surface area (Å²) in [4.78, 5) is 0. The Kier molecular flexibility index (Phi) is 3.07. The van der Waals surface area contributed by atoms with Crippen LogP contribution >= 0.6 is 0 Å². The van der Waals surface area contributed by atoms with Gasteiger partial charge in [0.2, 0.25) is 0 Å². The molecule has 0 aliphatic heterocycles. The van der Waals surface area contributed by atoms with Crippen LogP contribution in [0, 0.1) is 16.7 Å². The zero-order valence-electron chi connectivity index (χ0n) is 9.54. The van der Waals surface area contributed by atoms with E-state index in [1.807, 2.05) is 0 Å². The van der Waals surface area contributed by atoms with E-state index in [4.69, 9.17) is 5.26 Å². The summed E-state index contributed by atoms with van der Waals surface area (Å²) < 4.78 is 37.1. The minimum Gasteiger partial charge on any atom is -0.387 e. The molecule has 0 bridgehead atoms. The van der Waals surface area contributed by atoms with Crippen molar-refractivity contribution in [3.63, 3.8) is 0 Å². The van der Waals surface area contributed by atoms with Gasteiger partial charge in [-0.3, -0.25) is 0 Å². The summed E-state index contributed by atoms with van der Waals surface area (Å²) in [5.74, 6) is 0. The lowest BCUT2D eigenvalue weighted by Gasteiger charge is -2.39. The zero-order valence-corrected chi connectivity index (χ0v) is 9.54. The zero-order chi connectivity index (χ0) is 13.4. The molecular formula is C13H12F3NO. The molecule has 5 heteroatoms. The number of alkyl halides is 3. The second-order valence-corrected chi connectivity index (χ2v) is 4.64. The number of aliphatic hydroxyl groups excluding tert-OH is 1. The molecule has 1 aromatic carbocycles. The third-order valence-electron chi connectivity index (χ3n) is 3.55. The van der Waals surface area contributed by atoms with Crippen LogP contribution in [0.1, 0.15) is 36.5 Å². The number of hydrogen-bond acceptors (Lipinski definition) is 2. The number of benzene rings is 1. The molecule has 1 aliphatic rings. The average molecular weight is 255 g/mol. The quantitative estimate of drug-likeness (QED) is 0.879. The topological polar surface area (TPSA) is 44.0 Å². The molecule has 0 saturated heterocycles. The molecule has 1 atom stereocenters. The molecule has 96 valence electrons. The molecule has 1 aliphatic carbocycles. The van der Waals surface area contributed by atoms with Crippen molar-refractivity contribution in [1.82, 2.24) is 0 Å². The fourth-order valence-corrected chi connectivity index (χ4v) is 2.18. The van der Waals surface area contributed by atoms with E-state index in [9.17, 15) is 18.3 Å². The summed E-state index contributed by atoms with van der Waals surface area (Å²) >= 11 is 0. The maximum absolute atomic E-state index is 12.4. The molecule has 1 fully saturated rings. The number of nitriles is 1. The monoisotopic (exact) mass is 255 g/mol. The number of nitrogens with zero attached hydrogens (tertiary/aromatic N) is 1. The number of hydrogen-bond donors (Lipinski definition) is 1. The van der Waals surface area contributed by atoms with Gasteiger partial charge >= 0.3 is 6.18 Å². The lowest BCUT2D eigenvalue weighted by atomic mass is 9.64. The Hall–Kier alpha value is -1.54. The maximum Gasteiger partial charge on any atom is 0.416 e. The van der Waals surface area contributed by atoms with Crippen molar-refractivity contribution in [2.24, 2.45) is 5.41 Å². The van der Waals surface area contributed by atoms with Crippen LogP contribution in [-0.2, 0) is 6.18 Å². The molecule has 1 unspecified atom stereocenters. The van der Waals surface area contributed by atoms with Crippen LogP contribution in [0.5, 0.6) is 0 Å². The van der Waals surface area contributed by atoms with Crippen LogP contribution in [0.2, 0.25) is 0 Å². The lowest BCUT2D eigenvalue weighted by molar-refractivity contribution is -0.137. The van der Waals surface area contributed by atoms with Gasteiger partial charge in [-0.25, -0.2) is 0 Å². The molecule has 1 saturated carbocycles. The van der Waals surface area contributed by atoms with Gasteiger partial charge in [-0.05, 0) is 30.5 Å². The van der Waals surface area contributed by atoms with Gasteiger partial charge in [0.05, 0.1) is 23.2 Å². The van der Waals surface area contributed by atoms with E-state index in [0.717, 1.165) is 18.6 Å². The molecule has 18 heavy (non-hydrogen) atoms. The fourth-order valence-electron chi connectivity index (χ4n) is 2.18. The van der Waals surface area contributed by atoms with Gasteiger partial charge in [0.15, 0.2) is 0 Å². The van der Waals surface area contributed by atoms with E-state index in [1.165, 1.54) is 12.1 Å². The highest BCUT2D eigenvalue weighted by Crippen LogP contribution is 2.49. The maximum atomic E-state index is 12.4. The van der Waals surface area contributed by atoms with Crippen molar-refractivity contribution in [3.8, 4) is 6.07 Å². The van der Waals surface area contributed by atoms with Gasteiger partial charge in [0, 0.05) is 0 Å². The minimum absolute atomic E-state index is 0.365. The SMILES string of the molecule is N#CC1(C(O)c2ccc(C(F)(F)F)cc2)CCC1. The van der Waals surface area contributed by atoms with Crippen LogP contribution in [0.25, 0.3) is 0 Å². The van der Waals surface area contributed by atoms with E-state index >= 15 is 0 Å². The van der Waals surface area contributed by atoms with Crippen LogP contribution in [-0.4, -0.2) is 5.11 Å². The van der Waals surface area contributed by atoms with E-state index < -0.39 is 23.3 Å². The van der Waals surface area contributed by atoms with Crippen molar-refractivity contribution in [3.05, 3.63) is 35.4 Å².